The standard InChI is InChI=1S/C16H22N2O3/c1-4-10-18(12(2)3)16(21)17-14(11-15(19)20)13-8-6-5-7-9-13/h4-9,12,14H,1,10-11H2,2-3H3,(H,17,21)(H,19,20). The van der Waals surface area contributed by atoms with Gasteiger partial charge in [0.1, 0.15) is 0 Å². The van der Waals surface area contributed by atoms with Gasteiger partial charge in [0.25, 0.3) is 0 Å². The van der Waals surface area contributed by atoms with Crippen LogP contribution in [0.5, 0.6) is 0 Å². The number of hydrogen-bond acceptors (Lipinski definition) is 2. The van der Waals surface area contributed by atoms with Crippen LogP contribution < -0.4 is 5.32 Å². The molecule has 0 fully saturated rings. The average molecular weight is 290 g/mol. The van der Waals surface area contributed by atoms with Crippen LogP contribution in [0, 0.1) is 0 Å². The van der Waals surface area contributed by atoms with Crippen molar-refractivity contribution in [3.05, 3.63) is 48.6 Å². The van der Waals surface area contributed by atoms with E-state index in [-0.39, 0.29) is 18.5 Å². The van der Waals surface area contributed by atoms with E-state index in [0.29, 0.717) is 6.54 Å². The monoisotopic (exact) mass is 290 g/mol. The van der Waals surface area contributed by atoms with Crippen LogP contribution >= 0.6 is 0 Å². The Hall–Kier alpha value is -2.30. The van der Waals surface area contributed by atoms with E-state index in [4.69, 9.17) is 5.11 Å². The number of carbonyl (C=O) groups excluding carboxylic acids is 1. The molecule has 0 aliphatic heterocycles. The Balaban J connectivity index is 2.88. The van der Waals surface area contributed by atoms with Gasteiger partial charge >= 0.3 is 12.0 Å². The van der Waals surface area contributed by atoms with E-state index in [1.807, 2.05) is 32.0 Å². The van der Waals surface area contributed by atoms with E-state index in [0.717, 1.165) is 5.56 Å². The largest absolute Gasteiger partial charge is 0.481 e. The molecule has 0 radical (unpaired) electrons. The first-order chi connectivity index (χ1) is 9.95. The van der Waals surface area contributed by atoms with Crippen LogP contribution in [0.2, 0.25) is 0 Å². The van der Waals surface area contributed by atoms with Gasteiger partial charge in [-0.3, -0.25) is 4.79 Å². The summed E-state index contributed by atoms with van der Waals surface area (Å²) in [4.78, 5) is 24.9. The van der Waals surface area contributed by atoms with Crippen molar-refractivity contribution in [3.8, 4) is 0 Å². The van der Waals surface area contributed by atoms with Gasteiger partial charge in [0, 0.05) is 12.6 Å². The fraction of sp³-hybridized carbons (Fsp3) is 0.375. The maximum atomic E-state index is 12.3. The molecule has 1 aromatic carbocycles. The predicted molar refractivity (Wildman–Crippen MR) is 82.0 cm³/mol. The topological polar surface area (TPSA) is 69.6 Å². The van der Waals surface area contributed by atoms with Gasteiger partial charge in [0.15, 0.2) is 0 Å². The Morgan fingerprint density at radius 2 is 1.95 bits per heavy atom. The molecular formula is C16H22N2O3. The molecule has 2 N–H and O–H groups in total. The van der Waals surface area contributed by atoms with Crippen molar-refractivity contribution in [1.29, 1.82) is 0 Å². The van der Waals surface area contributed by atoms with Gasteiger partial charge in [-0.2, -0.15) is 0 Å². The molecule has 21 heavy (non-hydrogen) atoms. The number of carbonyl (C=O) groups is 2. The van der Waals surface area contributed by atoms with Crippen molar-refractivity contribution in [1.82, 2.24) is 10.2 Å². The summed E-state index contributed by atoms with van der Waals surface area (Å²) in [6.07, 6.45) is 1.49. The number of carboxylic acid groups (broad SMARTS) is 1. The number of nitrogens with zero attached hydrogens (tertiary/aromatic N) is 1. The van der Waals surface area contributed by atoms with Crippen LogP contribution in [0.4, 0.5) is 4.79 Å². The highest BCUT2D eigenvalue weighted by molar-refractivity contribution is 5.76. The smallest absolute Gasteiger partial charge is 0.318 e. The van der Waals surface area contributed by atoms with Gasteiger partial charge in [-0.25, -0.2) is 4.79 Å². The highest BCUT2D eigenvalue weighted by atomic mass is 16.4. The summed E-state index contributed by atoms with van der Waals surface area (Å²) in [5.41, 5.74) is 0.774. The van der Waals surface area contributed by atoms with E-state index < -0.39 is 12.0 Å². The lowest BCUT2D eigenvalue weighted by molar-refractivity contribution is -0.137. The van der Waals surface area contributed by atoms with Crippen molar-refractivity contribution in [2.75, 3.05) is 6.54 Å². The van der Waals surface area contributed by atoms with Crippen LogP contribution in [0.15, 0.2) is 43.0 Å². The zero-order valence-electron chi connectivity index (χ0n) is 12.5. The summed E-state index contributed by atoms with van der Waals surface area (Å²) in [7, 11) is 0. The molecular weight excluding hydrogens is 268 g/mol. The second-order valence-corrected chi connectivity index (χ2v) is 5.05. The van der Waals surface area contributed by atoms with E-state index >= 15 is 0 Å². The van der Waals surface area contributed by atoms with E-state index in [1.165, 1.54) is 0 Å². The van der Waals surface area contributed by atoms with Crippen molar-refractivity contribution in [2.45, 2.75) is 32.4 Å². The second-order valence-electron chi connectivity index (χ2n) is 5.05. The van der Waals surface area contributed by atoms with Gasteiger partial charge in [0.2, 0.25) is 0 Å². The fourth-order valence-electron chi connectivity index (χ4n) is 2.01. The molecule has 1 aromatic rings. The SMILES string of the molecule is C=CCN(C(=O)NC(CC(=O)O)c1ccccc1)C(C)C. The highest BCUT2D eigenvalue weighted by Gasteiger charge is 2.22. The molecule has 0 aliphatic rings. The molecule has 0 saturated carbocycles. The maximum Gasteiger partial charge on any atom is 0.318 e. The summed E-state index contributed by atoms with van der Waals surface area (Å²) in [6.45, 7) is 7.85. The van der Waals surface area contributed by atoms with E-state index in [9.17, 15) is 9.59 Å². The number of amides is 2. The summed E-state index contributed by atoms with van der Waals surface area (Å²) in [6, 6.07) is 8.26. The molecule has 2 amide bonds. The van der Waals surface area contributed by atoms with E-state index in [2.05, 4.69) is 11.9 Å². The highest BCUT2D eigenvalue weighted by Crippen LogP contribution is 2.17. The van der Waals surface area contributed by atoms with Crippen molar-refractivity contribution in [2.24, 2.45) is 0 Å². The lowest BCUT2D eigenvalue weighted by Gasteiger charge is -2.28. The molecule has 0 bridgehead atoms. The Morgan fingerprint density at radius 3 is 2.43 bits per heavy atom. The Labute approximate surface area is 125 Å². The van der Waals surface area contributed by atoms with Gasteiger partial charge in [-0.1, -0.05) is 36.4 Å². The average Bonchev–Trinajstić information content (AvgIpc) is 2.44. The molecule has 0 aromatic heterocycles. The van der Waals surface area contributed by atoms with Gasteiger partial charge in [-0.15, -0.1) is 6.58 Å². The Kier molecular flexibility index (Phi) is 6.46. The molecule has 114 valence electrons. The van der Waals surface area contributed by atoms with Crippen molar-refractivity contribution >= 4 is 12.0 Å². The van der Waals surface area contributed by atoms with Gasteiger partial charge in [0.05, 0.1) is 12.5 Å². The lowest BCUT2D eigenvalue weighted by atomic mass is 10.0. The zero-order valence-corrected chi connectivity index (χ0v) is 12.5. The molecule has 5 heteroatoms. The Bertz CT molecular complexity index is 486. The molecule has 0 saturated heterocycles. The molecule has 0 aliphatic carbocycles. The molecule has 5 nitrogen and oxygen atoms in total. The summed E-state index contributed by atoms with van der Waals surface area (Å²) < 4.78 is 0. The van der Waals surface area contributed by atoms with Crippen LogP contribution in [-0.2, 0) is 4.79 Å². The van der Waals surface area contributed by atoms with Gasteiger partial charge in [-0.05, 0) is 19.4 Å². The quantitative estimate of drug-likeness (QED) is 0.759. The number of aliphatic carboxylic acids is 1. The van der Waals surface area contributed by atoms with Crippen molar-refractivity contribution < 1.29 is 14.7 Å². The van der Waals surface area contributed by atoms with Gasteiger partial charge < -0.3 is 15.3 Å². The molecule has 1 rings (SSSR count). The third-order valence-electron chi connectivity index (χ3n) is 3.09. The second kappa shape index (κ2) is 8.09. The number of rotatable bonds is 7. The summed E-state index contributed by atoms with van der Waals surface area (Å²) in [5.74, 6) is -0.955. The van der Waals surface area contributed by atoms with Crippen LogP contribution in [0.25, 0.3) is 0 Å². The minimum Gasteiger partial charge on any atom is -0.481 e. The minimum absolute atomic E-state index is 0.00394. The number of nitrogens with one attached hydrogen (secondary N) is 1. The first-order valence-electron chi connectivity index (χ1n) is 6.90. The molecule has 1 atom stereocenters. The van der Waals surface area contributed by atoms with Crippen LogP contribution in [0.3, 0.4) is 0 Å². The first-order valence-corrected chi connectivity index (χ1v) is 6.90. The normalized spacial score (nSPS) is 11.8. The first kappa shape index (κ1) is 16.8. The molecule has 1 unspecified atom stereocenters. The number of carboxylic acids is 1. The Morgan fingerprint density at radius 1 is 1.33 bits per heavy atom. The zero-order chi connectivity index (χ0) is 15.8. The third kappa shape index (κ3) is 5.30. The van der Waals surface area contributed by atoms with Crippen molar-refractivity contribution in [3.63, 3.8) is 0 Å². The minimum atomic E-state index is -0.955. The predicted octanol–water partition coefficient (Wildman–Crippen LogP) is 2.81. The van der Waals surface area contributed by atoms with E-state index in [1.54, 1.807) is 23.1 Å². The summed E-state index contributed by atoms with van der Waals surface area (Å²) >= 11 is 0. The number of urea groups is 1. The molecule has 0 heterocycles. The summed E-state index contributed by atoms with van der Waals surface area (Å²) in [5, 5.41) is 11.8. The fourth-order valence-corrected chi connectivity index (χ4v) is 2.01. The number of benzene rings is 1. The van der Waals surface area contributed by atoms with Crippen LogP contribution in [0.1, 0.15) is 31.9 Å². The maximum absolute atomic E-state index is 12.3. The lowest BCUT2D eigenvalue weighted by Crippen LogP contribution is -2.45. The molecule has 0 spiro atoms. The number of hydrogen-bond donors (Lipinski definition) is 2. The van der Waals surface area contributed by atoms with Crippen LogP contribution in [-0.4, -0.2) is 34.6 Å². The third-order valence-corrected chi connectivity index (χ3v) is 3.09.